The van der Waals surface area contributed by atoms with Gasteiger partial charge in [-0.2, -0.15) is 42.3 Å². The van der Waals surface area contributed by atoms with Gasteiger partial charge >= 0.3 is 0 Å². The molecule has 0 aliphatic carbocycles. The van der Waals surface area contributed by atoms with Crippen molar-refractivity contribution < 1.29 is 171 Å². The largest absolute Gasteiger partial charge is 0.668 e. The maximum Gasteiger partial charge on any atom is 0.0533 e. The Kier molecular flexibility index (Phi) is 155. The van der Waals surface area contributed by atoms with Gasteiger partial charge in [0.2, 0.25) is 0 Å². The van der Waals surface area contributed by atoms with E-state index in [1.165, 1.54) is 31.3 Å². The van der Waals surface area contributed by atoms with Crippen molar-refractivity contribution in [2.75, 3.05) is 49.3 Å². The molecule has 44 heavy (non-hydrogen) atoms. The average Bonchev–Trinajstić information content (AvgIpc) is 2.89. The van der Waals surface area contributed by atoms with Crippen molar-refractivity contribution in [1.82, 2.24) is 0 Å². The predicted molar refractivity (Wildman–Crippen MR) is 162 cm³/mol. The van der Waals surface area contributed by atoms with E-state index in [9.17, 15) is 20.2 Å². The van der Waals surface area contributed by atoms with Crippen molar-refractivity contribution >= 4 is 11.4 Å². The van der Waals surface area contributed by atoms with Crippen molar-refractivity contribution in [1.29, 1.82) is 0 Å². The summed E-state index contributed by atoms with van der Waals surface area (Å²) in [5, 5.41) is 30.4. The predicted octanol–water partition coefficient (Wildman–Crippen LogP) is 7.00. The Bertz CT molecular complexity index is 731. The number of hydrogen-bond acceptors (Lipinski definition) is 5. The molecule has 0 aliphatic heterocycles. The van der Waals surface area contributed by atoms with Crippen LogP contribution in [0.25, 0.3) is 16.0 Å². The third-order valence-electron chi connectivity index (χ3n) is 2.21. The smallest absolute Gasteiger partial charge is 0.0533 e. The second-order valence-electron chi connectivity index (χ2n) is 5.20. The molecule has 0 bridgehead atoms. The normalized spacial score (nSPS) is 6.09. The van der Waals surface area contributed by atoms with Crippen LogP contribution in [-0.2, 0) is 161 Å². The van der Waals surface area contributed by atoms with E-state index in [0.717, 1.165) is 0 Å². The third kappa shape index (κ3) is 79.3. The molecular formula is C28H45N6O4W3Y3-9. The Morgan fingerprint density at radius 1 is 0.523 bits per heavy atom. The van der Waals surface area contributed by atoms with Gasteiger partial charge in [0.15, 0.2) is 0 Å². The second kappa shape index (κ2) is 79.8. The van der Waals surface area contributed by atoms with E-state index in [-0.39, 0.29) is 195 Å². The number of rotatable bonds is 2. The SMILES string of the molecule is C.C.C.CN.C[N-]C.C[N-]C.C[N-]C.O=[N+]([O-])c1[c-]cc[c-]c1.O=[N+]([O-])c1[c-]cc[c-]c1.[W].[W].[W].[Y].[Y].[Y].[c-]1cc[c-]cc1. The standard InChI is InChI=1S/2C6H3NO2.C6H4.3C2H6N.CH5N.3CH4.3W.3Y/c2*8-7(9)6-4-2-1-3-5-6;1-2-4-6-5-3-1;3*1-3-2;1-2;;;;;;;;;/h2*1-2,5H;1-2,5-6H;3*1-2H3;2H2,1H3;3*1H4;;;;;;/q3*-2;3*-1;;;;;;;;;;. The molecule has 2 N–H and O–H groups in total. The number of hydrogen-bond donors (Lipinski definition) is 1. The fraction of sp³-hybridized carbons (Fsp3) is 0.357. The zero-order chi connectivity index (χ0) is 27.7. The van der Waals surface area contributed by atoms with Crippen LogP contribution in [0.2, 0.25) is 0 Å². The molecule has 0 aromatic heterocycles. The summed E-state index contributed by atoms with van der Waals surface area (Å²) in [7, 11) is 12.0. The van der Waals surface area contributed by atoms with Crippen LogP contribution >= 0.6 is 0 Å². The van der Waals surface area contributed by atoms with E-state index in [1.807, 2.05) is 24.3 Å². The molecule has 10 nitrogen and oxygen atoms in total. The van der Waals surface area contributed by atoms with E-state index in [4.69, 9.17) is 0 Å². The minimum Gasteiger partial charge on any atom is -0.668 e. The first-order chi connectivity index (χ1) is 16.9. The Morgan fingerprint density at radius 3 is 0.795 bits per heavy atom. The van der Waals surface area contributed by atoms with E-state index in [2.05, 4.69) is 58.1 Å². The number of benzene rings is 3. The summed E-state index contributed by atoms with van der Waals surface area (Å²) < 4.78 is 0. The summed E-state index contributed by atoms with van der Waals surface area (Å²) in [5.74, 6) is 0. The van der Waals surface area contributed by atoms with Gasteiger partial charge in [-0.05, 0) is 16.9 Å². The Labute approximate surface area is 387 Å². The maximum atomic E-state index is 9.96. The van der Waals surface area contributed by atoms with Crippen molar-refractivity contribution in [3.05, 3.63) is 133 Å². The zero-order valence-electron chi connectivity index (χ0n) is 24.2. The van der Waals surface area contributed by atoms with E-state index >= 15 is 0 Å². The second-order valence-corrected chi connectivity index (χ2v) is 5.20. The fourth-order valence-electron chi connectivity index (χ4n) is 1.20. The molecule has 0 fully saturated rings. The molecular weight excluding hydrogens is 1300 g/mol. The van der Waals surface area contributed by atoms with Crippen molar-refractivity contribution in [3.63, 3.8) is 0 Å². The van der Waals surface area contributed by atoms with Gasteiger partial charge in [0.25, 0.3) is 0 Å². The molecule has 0 atom stereocenters. The molecule has 3 aromatic carbocycles. The van der Waals surface area contributed by atoms with Gasteiger partial charge in [0.1, 0.15) is 0 Å². The molecule has 3 rings (SSSR count). The summed E-state index contributed by atoms with van der Waals surface area (Å²) in [6, 6.07) is 31.6. The molecule has 16 heteroatoms. The molecule has 247 valence electrons. The molecule has 0 unspecified atom stereocenters. The number of nitrogens with two attached hydrogens (primary N) is 1. The first-order valence-corrected chi connectivity index (χ1v) is 9.74. The van der Waals surface area contributed by atoms with Gasteiger partial charge in [-0.3, -0.25) is 68.8 Å². The molecule has 0 saturated heterocycles. The van der Waals surface area contributed by atoms with Crippen LogP contribution in [-0.4, -0.2) is 59.2 Å². The van der Waals surface area contributed by atoms with E-state index < -0.39 is 9.85 Å². The van der Waals surface area contributed by atoms with Gasteiger partial charge in [-0.15, -0.1) is 0 Å². The van der Waals surface area contributed by atoms with Gasteiger partial charge in [-0.25, -0.2) is 24.3 Å². The summed E-state index contributed by atoms with van der Waals surface area (Å²) in [6.07, 6.45) is 0. The molecule has 0 spiro atoms. The van der Waals surface area contributed by atoms with Crippen LogP contribution < -0.4 is 5.73 Å². The van der Waals surface area contributed by atoms with Gasteiger partial charge < -0.3 is 45.9 Å². The van der Waals surface area contributed by atoms with Crippen LogP contribution in [0.1, 0.15) is 22.3 Å². The molecule has 3 radical (unpaired) electrons. The monoisotopic (exact) mass is 1350 g/mol. The topological polar surface area (TPSA) is 155 Å². The first-order valence-electron chi connectivity index (χ1n) is 9.74. The van der Waals surface area contributed by atoms with Crippen LogP contribution in [0.3, 0.4) is 0 Å². The summed E-state index contributed by atoms with van der Waals surface area (Å²) in [5.41, 5.74) is 4.41. The van der Waals surface area contributed by atoms with Crippen LogP contribution in [0.4, 0.5) is 11.4 Å². The zero-order valence-corrected chi connectivity index (χ0v) is 41.5. The molecule has 3 aromatic rings. The average molecular weight is 1350 g/mol. The van der Waals surface area contributed by atoms with Crippen LogP contribution in [0, 0.1) is 56.6 Å². The van der Waals surface area contributed by atoms with Gasteiger partial charge in [0, 0.05) is 161 Å². The Balaban J connectivity index is -0.0000000237. The van der Waals surface area contributed by atoms with Crippen LogP contribution in [0.15, 0.2) is 60.7 Å². The number of nitro groups is 2. The van der Waals surface area contributed by atoms with Crippen molar-refractivity contribution in [2.45, 2.75) is 22.3 Å². The maximum absolute atomic E-state index is 9.96. The molecule has 0 amide bonds. The third-order valence-corrected chi connectivity index (χ3v) is 2.21. The number of nitro benzene ring substituents is 2. The minimum absolute atomic E-state index is 0. The minimum atomic E-state index is -0.503. The molecule has 0 aliphatic rings. The van der Waals surface area contributed by atoms with Crippen LogP contribution in [0.5, 0.6) is 0 Å². The number of nitrogens with zero attached hydrogens (tertiary/aromatic N) is 5. The Hall–Kier alpha value is 1.68. The summed E-state index contributed by atoms with van der Waals surface area (Å²) in [6.45, 7) is 0. The summed E-state index contributed by atoms with van der Waals surface area (Å²) >= 11 is 0. The number of non-ortho nitro benzene ring substituents is 2. The fourth-order valence-corrected chi connectivity index (χ4v) is 1.20. The Morgan fingerprint density at radius 2 is 0.705 bits per heavy atom. The molecule has 0 saturated carbocycles. The first kappa shape index (κ1) is 85.4. The van der Waals surface area contributed by atoms with E-state index in [0.29, 0.717) is 0 Å². The van der Waals surface area contributed by atoms with Crippen molar-refractivity contribution in [3.8, 4) is 0 Å². The van der Waals surface area contributed by atoms with E-state index in [1.54, 1.807) is 54.4 Å². The van der Waals surface area contributed by atoms with Gasteiger partial charge in [0.05, 0.1) is 11.4 Å². The molecule has 0 heterocycles. The summed E-state index contributed by atoms with van der Waals surface area (Å²) in [4.78, 5) is 18.9. The quantitative estimate of drug-likeness (QED) is 0.166. The van der Waals surface area contributed by atoms with Gasteiger partial charge in [-0.1, -0.05) is 22.3 Å². The van der Waals surface area contributed by atoms with Crippen molar-refractivity contribution in [2.24, 2.45) is 5.73 Å².